The van der Waals surface area contributed by atoms with Gasteiger partial charge in [-0.15, -0.1) is 6.58 Å². The predicted octanol–water partition coefficient (Wildman–Crippen LogP) is 1.84. The smallest absolute Gasteiger partial charge is 0.407 e. The lowest BCUT2D eigenvalue weighted by molar-refractivity contribution is 0.0504. The van der Waals surface area contributed by atoms with Crippen LogP contribution in [0.3, 0.4) is 0 Å². The van der Waals surface area contributed by atoms with Crippen molar-refractivity contribution in [3.8, 4) is 0 Å². The molecule has 0 aromatic carbocycles. The Labute approximate surface area is 91.3 Å². The van der Waals surface area contributed by atoms with Crippen LogP contribution in [0.2, 0.25) is 0 Å². The second-order valence-corrected chi connectivity index (χ2v) is 4.74. The number of hydrogen-bond acceptors (Lipinski definition) is 3. The average Bonchev–Trinajstić information content (AvgIpc) is 2.00. The average molecular weight is 215 g/mol. The highest BCUT2D eigenvalue weighted by Crippen LogP contribution is 2.09. The van der Waals surface area contributed by atoms with Crippen LogP contribution < -0.4 is 5.32 Å². The summed E-state index contributed by atoms with van der Waals surface area (Å²) in [5, 5.41) is 12.1. The minimum absolute atomic E-state index is 0.355. The molecule has 1 amide bonds. The summed E-state index contributed by atoms with van der Waals surface area (Å²) in [6.45, 7) is 10.9. The zero-order valence-corrected chi connectivity index (χ0v) is 9.96. The largest absolute Gasteiger partial charge is 0.444 e. The van der Waals surface area contributed by atoms with E-state index in [9.17, 15) is 9.90 Å². The molecular weight excluding hydrogens is 194 g/mol. The SMILES string of the molecule is C=CC(C)(O)CCNC(=O)OC(C)(C)C. The Morgan fingerprint density at radius 2 is 2.00 bits per heavy atom. The fraction of sp³-hybridized carbons (Fsp3) is 0.727. The Balaban J connectivity index is 3.79. The summed E-state index contributed by atoms with van der Waals surface area (Å²) in [5.41, 5.74) is -1.44. The maximum absolute atomic E-state index is 11.2. The zero-order chi connectivity index (χ0) is 12.1. The molecule has 1 unspecified atom stereocenters. The minimum Gasteiger partial charge on any atom is -0.444 e. The molecule has 0 aromatic heterocycles. The fourth-order valence-electron chi connectivity index (χ4n) is 0.834. The van der Waals surface area contributed by atoms with Crippen LogP contribution in [-0.4, -0.2) is 28.9 Å². The van der Waals surface area contributed by atoms with E-state index in [1.54, 1.807) is 27.7 Å². The van der Waals surface area contributed by atoms with Crippen molar-refractivity contribution < 1.29 is 14.6 Å². The molecular formula is C11H21NO3. The number of amides is 1. The number of nitrogens with one attached hydrogen (secondary N) is 1. The van der Waals surface area contributed by atoms with E-state index in [2.05, 4.69) is 11.9 Å². The lowest BCUT2D eigenvalue weighted by atomic mass is 10.0. The lowest BCUT2D eigenvalue weighted by Gasteiger charge is -2.21. The Bertz CT molecular complexity index is 228. The van der Waals surface area contributed by atoms with E-state index in [1.165, 1.54) is 6.08 Å². The summed E-state index contributed by atoms with van der Waals surface area (Å²) in [4.78, 5) is 11.2. The molecule has 2 N–H and O–H groups in total. The van der Waals surface area contributed by atoms with Crippen molar-refractivity contribution in [3.63, 3.8) is 0 Å². The Kier molecular flexibility index (Phi) is 4.81. The maximum Gasteiger partial charge on any atom is 0.407 e. The number of rotatable bonds is 4. The molecule has 0 fully saturated rings. The number of hydrogen-bond donors (Lipinski definition) is 2. The van der Waals surface area contributed by atoms with Gasteiger partial charge in [0.2, 0.25) is 0 Å². The van der Waals surface area contributed by atoms with Crippen LogP contribution >= 0.6 is 0 Å². The third kappa shape index (κ3) is 8.00. The molecule has 0 spiro atoms. The first kappa shape index (κ1) is 14.0. The monoisotopic (exact) mass is 215 g/mol. The van der Waals surface area contributed by atoms with Crippen molar-refractivity contribution in [1.29, 1.82) is 0 Å². The minimum atomic E-state index is -0.949. The molecule has 0 heterocycles. The van der Waals surface area contributed by atoms with Crippen molar-refractivity contribution in [2.24, 2.45) is 0 Å². The number of alkyl carbamates (subject to hydrolysis) is 1. The van der Waals surface area contributed by atoms with Crippen LogP contribution in [0.4, 0.5) is 4.79 Å². The van der Waals surface area contributed by atoms with Gasteiger partial charge in [0.25, 0.3) is 0 Å². The van der Waals surface area contributed by atoms with E-state index in [-0.39, 0.29) is 0 Å². The van der Waals surface area contributed by atoms with Gasteiger partial charge in [0.1, 0.15) is 5.60 Å². The Morgan fingerprint density at radius 1 is 1.47 bits per heavy atom. The highest BCUT2D eigenvalue weighted by Gasteiger charge is 2.18. The van der Waals surface area contributed by atoms with E-state index in [0.29, 0.717) is 13.0 Å². The van der Waals surface area contributed by atoms with Crippen molar-refractivity contribution in [2.45, 2.75) is 45.3 Å². The van der Waals surface area contributed by atoms with Gasteiger partial charge in [-0.25, -0.2) is 4.79 Å². The van der Waals surface area contributed by atoms with Gasteiger partial charge in [-0.05, 0) is 34.1 Å². The summed E-state index contributed by atoms with van der Waals surface area (Å²) < 4.78 is 5.03. The Hall–Kier alpha value is -1.03. The second kappa shape index (κ2) is 5.16. The molecule has 4 nitrogen and oxygen atoms in total. The molecule has 0 aromatic rings. The zero-order valence-electron chi connectivity index (χ0n) is 9.96. The van der Waals surface area contributed by atoms with Crippen molar-refractivity contribution in [2.75, 3.05) is 6.54 Å². The van der Waals surface area contributed by atoms with Gasteiger partial charge < -0.3 is 15.2 Å². The van der Waals surface area contributed by atoms with Gasteiger partial charge in [0.15, 0.2) is 0 Å². The van der Waals surface area contributed by atoms with Gasteiger partial charge in [-0.3, -0.25) is 0 Å². The van der Waals surface area contributed by atoms with Crippen molar-refractivity contribution in [3.05, 3.63) is 12.7 Å². The topological polar surface area (TPSA) is 58.6 Å². The first-order valence-electron chi connectivity index (χ1n) is 4.99. The van der Waals surface area contributed by atoms with Crippen molar-refractivity contribution in [1.82, 2.24) is 5.32 Å². The van der Waals surface area contributed by atoms with E-state index in [4.69, 9.17) is 4.74 Å². The summed E-state index contributed by atoms with van der Waals surface area (Å²) in [7, 11) is 0. The standard InChI is InChI=1S/C11H21NO3/c1-6-11(5,14)7-8-12-9(13)15-10(2,3)4/h6,14H,1,7-8H2,2-5H3,(H,12,13). The molecule has 1 atom stereocenters. The van der Waals surface area contributed by atoms with Gasteiger partial charge in [-0.2, -0.15) is 0 Å². The van der Waals surface area contributed by atoms with Crippen LogP contribution in [0, 0.1) is 0 Å². The van der Waals surface area contributed by atoms with E-state index < -0.39 is 17.3 Å². The van der Waals surface area contributed by atoms with Gasteiger partial charge in [-0.1, -0.05) is 6.08 Å². The fourth-order valence-corrected chi connectivity index (χ4v) is 0.834. The Morgan fingerprint density at radius 3 is 2.40 bits per heavy atom. The number of ether oxygens (including phenoxy) is 1. The molecule has 0 aliphatic carbocycles. The number of carbonyl (C=O) groups excluding carboxylic acids is 1. The highest BCUT2D eigenvalue weighted by molar-refractivity contribution is 5.67. The van der Waals surface area contributed by atoms with Crippen LogP contribution in [0.1, 0.15) is 34.1 Å². The third-order valence-electron chi connectivity index (χ3n) is 1.74. The first-order chi connectivity index (χ1) is 6.66. The molecule has 0 bridgehead atoms. The highest BCUT2D eigenvalue weighted by atomic mass is 16.6. The van der Waals surface area contributed by atoms with Crippen LogP contribution in [-0.2, 0) is 4.74 Å². The lowest BCUT2D eigenvalue weighted by Crippen LogP contribution is -2.35. The summed E-state index contributed by atoms with van der Waals surface area (Å²) in [6.07, 6.45) is 1.39. The number of carbonyl (C=O) groups is 1. The summed E-state index contributed by atoms with van der Waals surface area (Å²) in [6, 6.07) is 0. The van der Waals surface area contributed by atoms with Crippen LogP contribution in [0.5, 0.6) is 0 Å². The molecule has 0 radical (unpaired) electrons. The van der Waals surface area contributed by atoms with Crippen molar-refractivity contribution >= 4 is 6.09 Å². The molecule has 4 heteroatoms. The molecule has 0 saturated carbocycles. The normalized spacial score (nSPS) is 15.3. The van der Waals surface area contributed by atoms with Gasteiger partial charge in [0, 0.05) is 6.54 Å². The quantitative estimate of drug-likeness (QED) is 0.703. The molecule has 0 saturated heterocycles. The van der Waals surface area contributed by atoms with E-state index in [0.717, 1.165) is 0 Å². The first-order valence-corrected chi connectivity index (χ1v) is 4.99. The summed E-state index contributed by atoms with van der Waals surface area (Å²) >= 11 is 0. The second-order valence-electron chi connectivity index (χ2n) is 4.74. The molecule has 88 valence electrons. The molecule has 0 aliphatic heterocycles. The van der Waals surface area contributed by atoms with E-state index >= 15 is 0 Å². The molecule has 0 aliphatic rings. The van der Waals surface area contributed by atoms with E-state index in [1.807, 2.05) is 0 Å². The molecule has 0 rings (SSSR count). The predicted molar refractivity (Wildman–Crippen MR) is 59.7 cm³/mol. The van der Waals surface area contributed by atoms with Crippen LogP contribution in [0.15, 0.2) is 12.7 Å². The number of aliphatic hydroxyl groups is 1. The molecule has 15 heavy (non-hydrogen) atoms. The van der Waals surface area contributed by atoms with Crippen LogP contribution in [0.25, 0.3) is 0 Å². The third-order valence-corrected chi connectivity index (χ3v) is 1.74. The van der Waals surface area contributed by atoms with Gasteiger partial charge in [0.05, 0.1) is 5.60 Å². The maximum atomic E-state index is 11.2. The van der Waals surface area contributed by atoms with Gasteiger partial charge >= 0.3 is 6.09 Å². The summed E-state index contributed by atoms with van der Waals surface area (Å²) in [5.74, 6) is 0.